The summed E-state index contributed by atoms with van der Waals surface area (Å²) >= 11 is 0. The van der Waals surface area contributed by atoms with Gasteiger partial charge in [-0.3, -0.25) is 48.1 Å². The lowest BCUT2D eigenvalue weighted by Crippen LogP contribution is -2.60. The molecule has 0 spiro atoms. The Morgan fingerprint density at radius 3 is 1.97 bits per heavy atom. The van der Waals surface area contributed by atoms with Crippen molar-refractivity contribution in [2.75, 3.05) is 45.8 Å². The maximum absolute atomic E-state index is 14.2. The van der Waals surface area contributed by atoms with Crippen LogP contribution in [0.2, 0.25) is 0 Å². The van der Waals surface area contributed by atoms with Gasteiger partial charge >= 0.3 is 0 Å². The van der Waals surface area contributed by atoms with E-state index in [0.29, 0.717) is 57.3 Å². The van der Waals surface area contributed by atoms with Crippen LogP contribution in [0, 0.1) is 0 Å². The van der Waals surface area contributed by atoms with E-state index in [0.717, 1.165) is 0 Å². The molecule has 0 aliphatic carbocycles. The first-order valence-corrected chi connectivity index (χ1v) is 24.2. The normalized spacial score (nSPS) is 16.5. The van der Waals surface area contributed by atoms with E-state index in [1.54, 1.807) is 0 Å². The third kappa shape index (κ3) is 21.9. The van der Waals surface area contributed by atoms with Crippen molar-refractivity contribution in [3.8, 4) is 0 Å². The number of hydrogen-bond acceptors (Lipinski definition) is 17. The molecule has 9 amide bonds. The van der Waals surface area contributed by atoms with Crippen LogP contribution in [0.25, 0.3) is 0 Å². The number of aromatic amines is 1. The van der Waals surface area contributed by atoms with E-state index in [1.165, 1.54) is 24.3 Å². The number of aliphatic imine (C=N–C) groups is 1. The van der Waals surface area contributed by atoms with Gasteiger partial charge in [-0.2, -0.15) is 0 Å². The second kappa shape index (κ2) is 33.2. The van der Waals surface area contributed by atoms with Crippen LogP contribution in [-0.4, -0.2) is 179 Å². The Labute approximate surface area is 418 Å². The van der Waals surface area contributed by atoms with Crippen LogP contribution in [0.3, 0.4) is 0 Å². The lowest BCUT2D eigenvalue weighted by atomic mass is 10.0. The fourth-order valence-corrected chi connectivity index (χ4v) is 7.58. The monoisotopic (exact) mass is 1020 g/mol. The fourth-order valence-electron chi connectivity index (χ4n) is 7.58. The Hall–Kier alpha value is -6.53. The molecule has 1 saturated heterocycles. The van der Waals surface area contributed by atoms with Crippen LogP contribution in [0.5, 0.6) is 0 Å². The minimum atomic E-state index is -1.56. The maximum atomic E-state index is 14.2. The van der Waals surface area contributed by atoms with Crippen molar-refractivity contribution in [3.05, 3.63) is 18.2 Å². The van der Waals surface area contributed by atoms with Gasteiger partial charge in [0, 0.05) is 37.9 Å². The van der Waals surface area contributed by atoms with Gasteiger partial charge in [-0.05, 0) is 97.2 Å². The lowest BCUT2D eigenvalue weighted by molar-refractivity contribution is -0.142. The molecule has 29 nitrogen and oxygen atoms in total. The zero-order chi connectivity index (χ0) is 53.8. The number of aromatic nitrogens is 2. The van der Waals surface area contributed by atoms with Crippen molar-refractivity contribution >= 4 is 59.1 Å². The molecule has 2 heterocycles. The topological polar surface area (TPSA) is 511 Å². The third-order valence-corrected chi connectivity index (χ3v) is 11.7. The van der Waals surface area contributed by atoms with Crippen molar-refractivity contribution in [1.29, 1.82) is 0 Å². The Morgan fingerprint density at radius 1 is 0.736 bits per heavy atom. The highest BCUT2D eigenvalue weighted by Crippen LogP contribution is 2.20. The van der Waals surface area contributed by atoms with Crippen molar-refractivity contribution in [2.24, 2.45) is 50.9 Å². The first-order chi connectivity index (χ1) is 34.3. The molecule has 72 heavy (non-hydrogen) atoms. The summed E-state index contributed by atoms with van der Waals surface area (Å²) in [6.45, 7) is 1.40. The molecule has 1 fully saturated rings. The second-order valence-corrected chi connectivity index (χ2v) is 17.5. The number of carbonyl (C=O) groups is 9. The zero-order valence-corrected chi connectivity index (χ0v) is 41.1. The van der Waals surface area contributed by atoms with E-state index >= 15 is 0 Å². The number of nitrogens with one attached hydrogen (secondary N) is 8. The molecule has 9 atom stereocenters. The molecule has 1 aliphatic rings. The molecular formula is C43H79N19O10. The van der Waals surface area contributed by atoms with Crippen LogP contribution >= 0.6 is 0 Å². The van der Waals surface area contributed by atoms with Crippen LogP contribution in [0.4, 0.5) is 0 Å². The molecule has 2 rings (SSSR count). The summed E-state index contributed by atoms with van der Waals surface area (Å²) in [6.07, 6.45) is 5.03. The summed E-state index contributed by atoms with van der Waals surface area (Å²) in [4.78, 5) is 132. The molecule has 1 aromatic heterocycles. The molecule has 1 aromatic rings. The Bertz CT molecular complexity index is 1940. The molecule has 25 N–H and O–H groups in total. The fraction of sp³-hybridized carbons (Fsp3) is 0.698. The summed E-state index contributed by atoms with van der Waals surface area (Å²) in [5, 5.41) is 28.1. The molecule has 0 bridgehead atoms. The number of aliphatic hydroxyl groups is 1. The standard InChI is InChI=1S/C43H79N19O10/c1-24(56-41(71)34(32(63)20-47)61-37(67)26(48)9-2-4-14-44)36(66)54-22-33(64)57-29(11-6-16-46)42(72)62-18-8-13-31(62)40(70)60-30(19-25-21-52-23-55-25)39(69)59-28(10-3-5-15-45)38(68)58-27(35(49)65)12-7-17-53-43(50)51/h21,23-24,26-32,34,63H,2-20,22,44-48H2,1H3,(H2,49,65)(H,52,55)(H,54,66)(H,56,71)(H,57,64)(H,58,68)(H,59,69)(H,60,70)(H,61,67)(H4,50,51,53)/t24-,26-,27+,28-,29+,30-,31-,32-,34-/m0/s1. The van der Waals surface area contributed by atoms with Crippen LogP contribution in [0.1, 0.15) is 89.7 Å². The average molecular weight is 1020 g/mol. The van der Waals surface area contributed by atoms with E-state index in [-0.39, 0.29) is 70.5 Å². The number of primary amides is 1. The highest BCUT2D eigenvalue weighted by atomic mass is 16.3. The first kappa shape index (κ1) is 61.6. The molecule has 406 valence electrons. The predicted octanol–water partition coefficient (Wildman–Crippen LogP) is -7.83. The number of nitrogens with two attached hydrogens (primary N) is 8. The largest absolute Gasteiger partial charge is 0.389 e. The third-order valence-electron chi connectivity index (χ3n) is 11.7. The van der Waals surface area contributed by atoms with Crippen LogP contribution in [-0.2, 0) is 49.6 Å². The SMILES string of the molecule is C[C@H](NC(=O)[C@@H](NC(=O)[C@@H](N)CCCCN)[C@@H](O)CN)C(=O)NCC(=O)N[C@H](CCCN)C(=O)N1CCC[C@H]1C(=O)N[C@@H](Cc1cnc[nH]1)C(=O)N[C@@H](CCCCN)C(=O)N[C@H](CCCN=C(N)N)C(N)=O. The summed E-state index contributed by atoms with van der Waals surface area (Å²) in [6, 6.07) is -9.73. The zero-order valence-electron chi connectivity index (χ0n) is 41.1. The molecule has 0 unspecified atom stereocenters. The second-order valence-electron chi connectivity index (χ2n) is 17.5. The van der Waals surface area contributed by atoms with Crippen molar-refractivity contribution in [3.63, 3.8) is 0 Å². The number of likely N-dealkylation sites (tertiary alicyclic amines) is 1. The molecule has 0 aromatic carbocycles. The molecular weight excluding hydrogens is 943 g/mol. The number of guanidine groups is 1. The number of hydrogen-bond donors (Lipinski definition) is 17. The Kier molecular flexibility index (Phi) is 28.4. The van der Waals surface area contributed by atoms with Gasteiger partial charge in [-0.1, -0.05) is 6.42 Å². The van der Waals surface area contributed by atoms with E-state index in [2.05, 4.69) is 52.2 Å². The number of imidazole rings is 1. The van der Waals surface area contributed by atoms with Gasteiger partial charge < -0.3 is 98.1 Å². The molecule has 0 saturated carbocycles. The highest BCUT2D eigenvalue weighted by molar-refractivity contribution is 5.98. The Morgan fingerprint density at radius 2 is 1.36 bits per heavy atom. The van der Waals surface area contributed by atoms with Crippen molar-refractivity contribution < 1.29 is 48.3 Å². The number of carbonyl (C=O) groups excluding carboxylic acids is 9. The smallest absolute Gasteiger partial charge is 0.245 e. The van der Waals surface area contributed by atoms with E-state index in [9.17, 15) is 48.3 Å². The summed E-state index contributed by atoms with van der Waals surface area (Å²) in [5.74, 6) is -7.03. The first-order valence-electron chi connectivity index (χ1n) is 24.2. The number of nitrogens with zero attached hydrogens (tertiary/aromatic N) is 3. The van der Waals surface area contributed by atoms with Crippen LogP contribution in [0.15, 0.2) is 17.5 Å². The molecule has 29 heteroatoms. The summed E-state index contributed by atoms with van der Waals surface area (Å²) in [5.41, 5.74) is 45.2. The van der Waals surface area contributed by atoms with Gasteiger partial charge in [0.05, 0.1) is 25.0 Å². The molecule has 1 aliphatic heterocycles. The van der Waals surface area contributed by atoms with Gasteiger partial charge in [0.2, 0.25) is 53.2 Å². The van der Waals surface area contributed by atoms with E-state index in [1.807, 2.05) is 0 Å². The minimum Gasteiger partial charge on any atom is -0.389 e. The van der Waals surface area contributed by atoms with Gasteiger partial charge in [-0.25, -0.2) is 4.98 Å². The average Bonchev–Trinajstić information content (AvgIpc) is 4.06. The van der Waals surface area contributed by atoms with Crippen molar-refractivity contribution in [2.45, 2.75) is 145 Å². The number of rotatable bonds is 35. The number of amides is 9. The predicted molar refractivity (Wildman–Crippen MR) is 264 cm³/mol. The number of unbranched alkanes of at least 4 members (excludes halogenated alkanes) is 2. The lowest BCUT2D eigenvalue weighted by Gasteiger charge is -2.30. The molecule has 0 radical (unpaired) electrons. The highest BCUT2D eigenvalue weighted by Gasteiger charge is 2.40. The maximum Gasteiger partial charge on any atom is 0.245 e. The van der Waals surface area contributed by atoms with Crippen molar-refractivity contribution in [1.82, 2.24) is 52.1 Å². The van der Waals surface area contributed by atoms with Gasteiger partial charge in [0.15, 0.2) is 5.96 Å². The summed E-state index contributed by atoms with van der Waals surface area (Å²) < 4.78 is 0. The van der Waals surface area contributed by atoms with E-state index in [4.69, 9.17) is 45.9 Å². The van der Waals surface area contributed by atoms with Gasteiger partial charge in [0.1, 0.15) is 42.3 Å². The minimum absolute atomic E-state index is 0.0604. The Balaban J connectivity index is 2.18. The van der Waals surface area contributed by atoms with Gasteiger partial charge in [0.25, 0.3) is 0 Å². The number of H-pyrrole nitrogens is 1. The number of aliphatic hydroxyl groups excluding tert-OH is 1. The quantitative estimate of drug-likeness (QED) is 0.0171. The van der Waals surface area contributed by atoms with E-state index < -0.39 is 121 Å². The van der Waals surface area contributed by atoms with Crippen LogP contribution < -0.4 is 83.1 Å². The summed E-state index contributed by atoms with van der Waals surface area (Å²) in [7, 11) is 0. The van der Waals surface area contributed by atoms with Gasteiger partial charge in [-0.15, -0.1) is 0 Å².